The Balaban J connectivity index is 0.815. The van der Waals surface area contributed by atoms with Crippen LogP contribution in [0.4, 0.5) is 34.1 Å². The summed E-state index contributed by atoms with van der Waals surface area (Å²) in [7, 11) is 0. The average molecular weight is 898 g/mol. The predicted molar refractivity (Wildman–Crippen MR) is 289 cm³/mol. The molecule has 0 aliphatic carbocycles. The second-order valence-corrected chi connectivity index (χ2v) is 17.5. The Kier molecular flexibility index (Phi) is 10.0. The summed E-state index contributed by atoms with van der Waals surface area (Å²) < 4.78 is 1.96. The molecule has 0 radical (unpaired) electrons. The van der Waals surface area contributed by atoms with Crippen molar-refractivity contribution in [2.75, 3.05) is 9.80 Å². The molecule has 7 heteroatoms. The van der Waals surface area contributed by atoms with Gasteiger partial charge in [0.2, 0.25) is 0 Å². The molecule has 0 spiro atoms. The van der Waals surface area contributed by atoms with Crippen molar-refractivity contribution >= 4 is 77.6 Å². The van der Waals surface area contributed by atoms with E-state index in [4.69, 9.17) is 15.3 Å². The molecule has 0 aliphatic heterocycles. The maximum absolute atomic E-state index is 4.83. The summed E-state index contributed by atoms with van der Waals surface area (Å²) in [6.07, 6.45) is 2.08. The minimum atomic E-state index is 0.867. The molecule has 13 rings (SSSR count). The standard InChI is InChI=1S/C63H43N7/c1-4-19-57-46(12-1)15-10-24-62(57)68(54-36-34-51(35-37-54)67-43-50-14-3-6-21-59(50)64-67)52-30-26-44(27-31-52)48-17-9-18-49(42-48)45-28-32-53(33-29-45)69(63-25-11-16-47-13-2-5-20-58(47)63)55-38-40-56(41-39-55)70-65-60-22-7-8-23-61(60)66-70/h1-43H. The Morgan fingerprint density at radius 3 is 1.19 bits per heavy atom. The van der Waals surface area contributed by atoms with Gasteiger partial charge in [0.05, 0.1) is 28.3 Å². The lowest BCUT2D eigenvalue weighted by Crippen LogP contribution is -2.11. The second-order valence-electron chi connectivity index (χ2n) is 17.5. The summed E-state index contributed by atoms with van der Waals surface area (Å²) in [4.78, 5) is 6.39. The van der Waals surface area contributed by atoms with Crippen molar-refractivity contribution in [3.05, 3.63) is 261 Å². The van der Waals surface area contributed by atoms with Crippen LogP contribution < -0.4 is 9.80 Å². The van der Waals surface area contributed by atoms with Crippen LogP contribution in [0.1, 0.15) is 0 Å². The number of hydrogen-bond acceptors (Lipinski definition) is 5. The van der Waals surface area contributed by atoms with Crippen molar-refractivity contribution in [2.24, 2.45) is 0 Å². The molecule has 330 valence electrons. The number of hydrogen-bond donors (Lipinski definition) is 0. The zero-order chi connectivity index (χ0) is 46.4. The smallest absolute Gasteiger partial charge is 0.113 e. The molecule has 2 heterocycles. The van der Waals surface area contributed by atoms with E-state index < -0.39 is 0 Å². The van der Waals surface area contributed by atoms with Gasteiger partial charge in [0.25, 0.3) is 0 Å². The van der Waals surface area contributed by atoms with E-state index in [1.54, 1.807) is 4.80 Å². The molecule has 0 saturated heterocycles. The molecule has 0 atom stereocenters. The van der Waals surface area contributed by atoms with E-state index in [0.717, 1.165) is 89.7 Å². The first-order chi connectivity index (χ1) is 34.7. The molecule has 0 amide bonds. The van der Waals surface area contributed by atoms with E-state index in [0.29, 0.717) is 0 Å². The van der Waals surface area contributed by atoms with E-state index >= 15 is 0 Å². The molecular weight excluding hydrogens is 855 g/mol. The van der Waals surface area contributed by atoms with E-state index in [1.165, 1.54) is 21.5 Å². The third kappa shape index (κ3) is 7.48. The van der Waals surface area contributed by atoms with Crippen LogP contribution in [-0.2, 0) is 0 Å². The molecule has 0 aliphatic rings. The summed E-state index contributed by atoms with van der Waals surface area (Å²) in [6, 6.07) is 90.1. The average Bonchev–Trinajstić information content (AvgIpc) is 4.08. The lowest BCUT2D eigenvalue weighted by atomic mass is 9.98. The zero-order valence-corrected chi connectivity index (χ0v) is 38.0. The molecule has 0 fully saturated rings. The minimum Gasteiger partial charge on any atom is -0.310 e. The van der Waals surface area contributed by atoms with Crippen LogP contribution in [-0.4, -0.2) is 24.8 Å². The quantitative estimate of drug-likeness (QED) is 0.137. The largest absolute Gasteiger partial charge is 0.310 e. The van der Waals surface area contributed by atoms with Gasteiger partial charge in [-0.1, -0.05) is 146 Å². The Bertz CT molecular complexity index is 3670. The van der Waals surface area contributed by atoms with Crippen molar-refractivity contribution in [2.45, 2.75) is 0 Å². The maximum Gasteiger partial charge on any atom is 0.113 e. The van der Waals surface area contributed by atoms with Gasteiger partial charge in [-0.25, -0.2) is 4.68 Å². The van der Waals surface area contributed by atoms with Gasteiger partial charge < -0.3 is 9.80 Å². The molecule has 70 heavy (non-hydrogen) atoms. The van der Waals surface area contributed by atoms with E-state index in [2.05, 4.69) is 228 Å². The Hall–Kier alpha value is -9.59. The molecule has 0 N–H and O–H groups in total. The third-order valence-electron chi connectivity index (χ3n) is 13.2. The van der Waals surface area contributed by atoms with Gasteiger partial charge in [-0.15, -0.1) is 10.2 Å². The number of nitrogens with zero attached hydrogens (tertiary/aromatic N) is 7. The van der Waals surface area contributed by atoms with Crippen molar-refractivity contribution < 1.29 is 0 Å². The summed E-state index contributed by atoms with van der Waals surface area (Å²) in [5.74, 6) is 0. The fraction of sp³-hybridized carbons (Fsp3) is 0. The highest BCUT2D eigenvalue weighted by atomic mass is 15.5. The van der Waals surface area contributed by atoms with Gasteiger partial charge in [-0.2, -0.15) is 9.90 Å². The normalized spacial score (nSPS) is 11.4. The number of anilines is 6. The van der Waals surface area contributed by atoms with E-state index in [1.807, 2.05) is 47.1 Å². The van der Waals surface area contributed by atoms with Crippen LogP contribution >= 0.6 is 0 Å². The van der Waals surface area contributed by atoms with E-state index in [-0.39, 0.29) is 0 Å². The Labute approximate surface area is 405 Å². The van der Waals surface area contributed by atoms with Gasteiger partial charge in [0.15, 0.2) is 0 Å². The van der Waals surface area contributed by atoms with Crippen molar-refractivity contribution in [1.29, 1.82) is 0 Å². The summed E-state index contributed by atoms with van der Waals surface area (Å²) in [5, 5.41) is 20.1. The number of benzene rings is 11. The molecular formula is C63H43N7. The van der Waals surface area contributed by atoms with E-state index in [9.17, 15) is 0 Å². The fourth-order valence-electron chi connectivity index (χ4n) is 9.71. The molecule has 7 nitrogen and oxygen atoms in total. The highest BCUT2D eigenvalue weighted by Gasteiger charge is 2.19. The number of rotatable bonds is 10. The lowest BCUT2D eigenvalue weighted by Gasteiger charge is -2.27. The SMILES string of the molecule is c1cc(-c2ccc(N(c3ccc(-n4cc5ccccc5n4)cc3)c3cccc4ccccc34)cc2)cc(-c2ccc(N(c3ccc(-n4nc5ccccc5n4)cc3)c3cccc4ccccc34)cc2)c1. The Morgan fingerprint density at radius 1 is 0.286 bits per heavy atom. The first-order valence-electron chi connectivity index (χ1n) is 23.5. The lowest BCUT2D eigenvalue weighted by molar-refractivity contribution is 0.766. The molecule has 13 aromatic rings. The monoisotopic (exact) mass is 897 g/mol. The summed E-state index contributed by atoms with van der Waals surface area (Å²) in [5.41, 5.74) is 15.6. The first kappa shape index (κ1) is 40.7. The van der Waals surface area contributed by atoms with Gasteiger partial charge >= 0.3 is 0 Å². The second kappa shape index (κ2) is 17.2. The van der Waals surface area contributed by atoms with Crippen LogP contribution in [0.15, 0.2) is 261 Å². The van der Waals surface area contributed by atoms with Gasteiger partial charge in [0.1, 0.15) is 11.0 Å². The predicted octanol–water partition coefficient (Wildman–Crippen LogP) is 16.3. The maximum atomic E-state index is 4.83. The highest BCUT2D eigenvalue weighted by molar-refractivity contribution is 6.00. The van der Waals surface area contributed by atoms with Crippen LogP contribution in [0.2, 0.25) is 0 Å². The van der Waals surface area contributed by atoms with Gasteiger partial charge in [-0.05, 0) is 142 Å². The minimum absolute atomic E-state index is 0.867. The number of fused-ring (bicyclic) bond motifs is 4. The summed E-state index contributed by atoms with van der Waals surface area (Å²) >= 11 is 0. The molecule has 0 unspecified atom stereocenters. The van der Waals surface area contributed by atoms with Crippen LogP contribution in [0.5, 0.6) is 0 Å². The van der Waals surface area contributed by atoms with Crippen molar-refractivity contribution in [1.82, 2.24) is 24.8 Å². The van der Waals surface area contributed by atoms with Crippen molar-refractivity contribution in [3.8, 4) is 33.6 Å². The van der Waals surface area contributed by atoms with Gasteiger partial charge in [0, 0.05) is 45.1 Å². The molecule has 11 aromatic carbocycles. The fourth-order valence-corrected chi connectivity index (χ4v) is 9.71. The first-order valence-corrected chi connectivity index (χ1v) is 23.5. The van der Waals surface area contributed by atoms with Gasteiger partial charge in [-0.3, -0.25) is 0 Å². The zero-order valence-electron chi connectivity index (χ0n) is 38.0. The van der Waals surface area contributed by atoms with Crippen LogP contribution in [0.25, 0.3) is 77.1 Å². The molecule has 0 bridgehead atoms. The van der Waals surface area contributed by atoms with Crippen LogP contribution in [0, 0.1) is 0 Å². The molecule has 0 saturated carbocycles. The van der Waals surface area contributed by atoms with Crippen molar-refractivity contribution in [3.63, 3.8) is 0 Å². The number of aromatic nitrogens is 5. The van der Waals surface area contributed by atoms with Crippen LogP contribution in [0.3, 0.4) is 0 Å². The molecule has 2 aromatic heterocycles. The Morgan fingerprint density at radius 2 is 0.686 bits per heavy atom. The third-order valence-corrected chi connectivity index (χ3v) is 13.2. The highest BCUT2D eigenvalue weighted by Crippen LogP contribution is 2.42. The topological polar surface area (TPSA) is 55.0 Å². The summed E-state index contributed by atoms with van der Waals surface area (Å²) in [6.45, 7) is 0.